The second-order valence-corrected chi connectivity index (χ2v) is 5.06. The van der Waals surface area contributed by atoms with Gasteiger partial charge in [0.05, 0.1) is 6.54 Å². The zero-order valence-electron chi connectivity index (χ0n) is 15.4. The molecule has 0 radical (unpaired) electrons. The molecule has 0 aromatic rings. The van der Waals surface area contributed by atoms with E-state index in [1.54, 1.807) is 0 Å². The minimum absolute atomic E-state index is 0. The molecular weight excluding hydrogens is 407 g/mol. The summed E-state index contributed by atoms with van der Waals surface area (Å²) < 4.78 is 5.31. The zero-order chi connectivity index (χ0) is 16.8. The lowest BCUT2D eigenvalue weighted by molar-refractivity contribution is -0.131. The Kier molecular flexibility index (Phi) is 17.5. The average molecular weight is 442 g/mol. The van der Waals surface area contributed by atoms with E-state index in [1.165, 1.54) is 0 Å². The molecule has 0 bridgehead atoms. The SMILES string of the molecule is CCNC(=NCCCCOCC)N(C)CC(=O)N(CC)CC.I. The molecule has 0 saturated heterocycles. The van der Waals surface area contributed by atoms with E-state index >= 15 is 0 Å². The highest BCUT2D eigenvalue weighted by atomic mass is 127. The minimum atomic E-state index is 0. The molecule has 0 atom stereocenters. The van der Waals surface area contributed by atoms with Crippen LogP contribution in [-0.4, -0.2) is 74.7 Å². The van der Waals surface area contributed by atoms with Gasteiger partial charge in [0.2, 0.25) is 5.91 Å². The number of likely N-dealkylation sites (N-methyl/N-ethyl adjacent to an activating group) is 2. The van der Waals surface area contributed by atoms with E-state index in [4.69, 9.17) is 4.74 Å². The highest BCUT2D eigenvalue weighted by Crippen LogP contribution is 1.96. The summed E-state index contributed by atoms with van der Waals surface area (Å²) in [6.07, 6.45) is 2.01. The van der Waals surface area contributed by atoms with Crippen LogP contribution in [0.15, 0.2) is 4.99 Å². The van der Waals surface area contributed by atoms with Gasteiger partial charge in [-0.25, -0.2) is 0 Å². The van der Waals surface area contributed by atoms with Gasteiger partial charge in [0.15, 0.2) is 5.96 Å². The summed E-state index contributed by atoms with van der Waals surface area (Å²) in [6, 6.07) is 0. The van der Waals surface area contributed by atoms with Gasteiger partial charge < -0.3 is 19.9 Å². The van der Waals surface area contributed by atoms with Gasteiger partial charge in [-0.15, -0.1) is 24.0 Å². The molecule has 0 aromatic heterocycles. The van der Waals surface area contributed by atoms with Crippen molar-refractivity contribution in [3.63, 3.8) is 0 Å². The van der Waals surface area contributed by atoms with Crippen LogP contribution in [0, 0.1) is 0 Å². The highest BCUT2D eigenvalue weighted by molar-refractivity contribution is 14.0. The van der Waals surface area contributed by atoms with Crippen molar-refractivity contribution in [2.45, 2.75) is 40.5 Å². The number of aliphatic imine (C=N–C) groups is 1. The van der Waals surface area contributed by atoms with Crippen LogP contribution in [0.3, 0.4) is 0 Å². The molecule has 0 aliphatic carbocycles. The number of carbonyl (C=O) groups excluding carboxylic acids is 1. The fourth-order valence-corrected chi connectivity index (χ4v) is 2.07. The van der Waals surface area contributed by atoms with Gasteiger partial charge in [-0.1, -0.05) is 0 Å². The predicted molar refractivity (Wildman–Crippen MR) is 108 cm³/mol. The standard InChI is InChI=1S/C16H34N4O2.HI/c1-6-17-16(18-12-10-11-13-22-9-4)19(5)14-15(21)20(7-2)8-3;/h6-14H2,1-5H3,(H,17,18);1H. The molecule has 0 rings (SSSR count). The van der Waals surface area contributed by atoms with E-state index in [1.807, 2.05) is 44.5 Å². The molecular formula is C16H35IN4O2. The van der Waals surface area contributed by atoms with Crippen molar-refractivity contribution in [3.8, 4) is 0 Å². The molecule has 0 unspecified atom stereocenters. The van der Waals surface area contributed by atoms with Crippen LogP contribution in [0.2, 0.25) is 0 Å². The molecule has 6 nitrogen and oxygen atoms in total. The van der Waals surface area contributed by atoms with Crippen LogP contribution in [0.5, 0.6) is 0 Å². The molecule has 0 aromatic carbocycles. The number of rotatable bonds is 11. The molecule has 0 spiro atoms. The van der Waals surface area contributed by atoms with Gasteiger partial charge in [0, 0.05) is 46.4 Å². The Morgan fingerprint density at radius 3 is 2.30 bits per heavy atom. The maximum atomic E-state index is 12.2. The number of guanidine groups is 1. The lowest BCUT2D eigenvalue weighted by Crippen LogP contribution is -2.45. The summed E-state index contributed by atoms with van der Waals surface area (Å²) in [5.41, 5.74) is 0. The molecule has 1 amide bonds. The molecule has 0 saturated carbocycles. The summed E-state index contributed by atoms with van der Waals surface area (Å²) in [7, 11) is 1.91. The van der Waals surface area contributed by atoms with E-state index < -0.39 is 0 Å². The van der Waals surface area contributed by atoms with Crippen molar-refractivity contribution in [2.24, 2.45) is 4.99 Å². The predicted octanol–water partition coefficient (Wildman–Crippen LogP) is 2.19. The molecule has 7 heteroatoms. The zero-order valence-corrected chi connectivity index (χ0v) is 17.8. The third-order valence-corrected chi connectivity index (χ3v) is 3.35. The van der Waals surface area contributed by atoms with Crippen LogP contribution in [0.4, 0.5) is 0 Å². The number of ether oxygens (including phenoxy) is 1. The van der Waals surface area contributed by atoms with Crippen LogP contribution in [0.25, 0.3) is 0 Å². The molecule has 0 aliphatic heterocycles. The molecule has 23 heavy (non-hydrogen) atoms. The number of nitrogens with zero attached hydrogens (tertiary/aromatic N) is 3. The smallest absolute Gasteiger partial charge is 0.242 e. The van der Waals surface area contributed by atoms with Crippen LogP contribution >= 0.6 is 24.0 Å². The first-order chi connectivity index (χ1) is 10.6. The van der Waals surface area contributed by atoms with Gasteiger partial charge >= 0.3 is 0 Å². The van der Waals surface area contributed by atoms with Gasteiger partial charge in [-0.3, -0.25) is 9.79 Å². The number of carbonyl (C=O) groups is 1. The Labute approximate surface area is 159 Å². The van der Waals surface area contributed by atoms with Gasteiger partial charge in [-0.2, -0.15) is 0 Å². The monoisotopic (exact) mass is 442 g/mol. The maximum absolute atomic E-state index is 12.2. The number of hydrogen-bond acceptors (Lipinski definition) is 3. The Morgan fingerprint density at radius 2 is 1.78 bits per heavy atom. The van der Waals surface area contributed by atoms with Crippen LogP contribution in [0.1, 0.15) is 40.5 Å². The average Bonchev–Trinajstić information content (AvgIpc) is 2.50. The first-order valence-corrected chi connectivity index (χ1v) is 8.45. The Balaban J connectivity index is 0. The lowest BCUT2D eigenvalue weighted by Gasteiger charge is -2.25. The Morgan fingerprint density at radius 1 is 1.13 bits per heavy atom. The molecule has 0 aliphatic rings. The number of unbranched alkanes of at least 4 members (excludes halogenated alkanes) is 1. The molecule has 0 heterocycles. The summed E-state index contributed by atoms with van der Waals surface area (Å²) in [4.78, 5) is 20.5. The van der Waals surface area contributed by atoms with Crippen molar-refractivity contribution in [3.05, 3.63) is 0 Å². The van der Waals surface area contributed by atoms with E-state index in [2.05, 4.69) is 10.3 Å². The van der Waals surface area contributed by atoms with Gasteiger partial charge in [0.25, 0.3) is 0 Å². The summed E-state index contributed by atoms with van der Waals surface area (Å²) in [5, 5.41) is 3.24. The van der Waals surface area contributed by atoms with Gasteiger partial charge in [-0.05, 0) is 40.5 Å². The molecule has 1 N–H and O–H groups in total. The normalized spacial score (nSPS) is 10.9. The largest absolute Gasteiger partial charge is 0.382 e. The van der Waals surface area contributed by atoms with Crippen molar-refractivity contribution in [1.29, 1.82) is 0 Å². The first-order valence-electron chi connectivity index (χ1n) is 8.45. The van der Waals surface area contributed by atoms with E-state index in [0.29, 0.717) is 6.54 Å². The van der Waals surface area contributed by atoms with Crippen molar-refractivity contribution < 1.29 is 9.53 Å². The van der Waals surface area contributed by atoms with Crippen molar-refractivity contribution in [2.75, 3.05) is 53.0 Å². The quantitative estimate of drug-likeness (QED) is 0.231. The third kappa shape index (κ3) is 11.6. The number of amides is 1. The topological polar surface area (TPSA) is 57.2 Å². The summed E-state index contributed by atoms with van der Waals surface area (Å²) in [6.45, 7) is 13.0. The van der Waals surface area contributed by atoms with Crippen LogP contribution in [-0.2, 0) is 9.53 Å². The minimum Gasteiger partial charge on any atom is -0.382 e. The number of hydrogen-bond donors (Lipinski definition) is 1. The fourth-order valence-electron chi connectivity index (χ4n) is 2.07. The molecule has 138 valence electrons. The van der Waals surface area contributed by atoms with E-state index in [-0.39, 0.29) is 29.9 Å². The number of nitrogens with one attached hydrogen (secondary N) is 1. The second-order valence-electron chi connectivity index (χ2n) is 5.06. The third-order valence-electron chi connectivity index (χ3n) is 3.35. The summed E-state index contributed by atoms with van der Waals surface area (Å²) in [5.74, 6) is 0.925. The second kappa shape index (κ2) is 16.3. The molecule has 0 fully saturated rings. The van der Waals surface area contributed by atoms with Crippen LogP contribution < -0.4 is 5.32 Å². The van der Waals surface area contributed by atoms with Gasteiger partial charge in [0.1, 0.15) is 0 Å². The van der Waals surface area contributed by atoms with E-state index in [9.17, 15) is 4.79 Å². The van der Waals surface area contributed by atoms with Crippen molar-refractivity contribution >= 4 is 35.8 Å². The van der Waals surface area contributed by atoms with Crippen molar-refractivity contribution in [1.82, 2.24) is 15.1 Å². The number of halogens is 1. The lowest BCUT2D eigenvalue weighted by atomic mass is 10.3. The summed E-state index contributed by atoms with van der Waals surface area (Å²) >= 11 is 0. The Bertz CT molecular complexity index is 323. The first kappa shape index (κ1) is 24.7. The Hall–Kier alpha value is -0.570. The maximum Gasteiger partial charge on any atom is 0.242 e. The fraction of sp³-hybridized carbons (Fsp3) is 0.875. The highest BCUT2D eigenvalue weighted by Gasteiger charge is 2.14. The van der Waals surface area contributed by atoms with E-state index in [0.717, 1.165) is 58.2 Å².